The number of rotatable bonds is 9. The predicted molar refractivity (Wildman–Crippen MR) is 100 cm³/mol. The highest BCUT2D eigenvalue weighted by atomic mass is 19.3. The zero-order valence-electron chi connectivity index (χ0n) is 16.7. The second-order valence-corrected chi connectivity index (χ2v) is 6.96. The number of Topliss-reactive ketones (excluding diaryl/α,β-unsaturated/α-hetero) is 1. The van der Waals surface area contributed by atoms with Crippen molar-refractivity contribution in [2.45, 2.75) is 51.3 Å². The Balaban J connectivity index is 1.99. The van der Waals surface area contributed by atoms with Crippen molar-refractivity contribution in [1.82, 2.24) is 0 Å². The molecular formula is C19H23BF2O8. The molecule has 0 fully saturated rings. The maximum Gasteiger partial charge on any atom is 0.526 e. The fourth-order valence-electron chi connectivity index (χ4n) is 2.94. The zero-order chi connectivity index (χ0) is 22.3. The van der Waals surface area contributed by atoms with Crippen LogP contribution in [0.1, 0.15) is 49.0 Å². The zero-order valence-corrected chi connectivity index (χ0v) is 16.7. The molecule has 8 nitrogen and oxygen atoms in total. The van der Waals surface area contributed by atoms with Crippen LogP contribution in [0, 0.1) is 0 Å². The minimum absolute atomic E-state index is 0.00871. The number of para-hydroxylation sites is 1. The summed E-state index contributed by atoms with van der Waals surface area (Å²) in [7, 11) is -1.40. The molecule has 0 aromatic heterocycles. The van der Waals surface area contributed by atoms with Gasteiger partial charge in [0.15, 0.2) is 0 Å². The first-order valence-corrected chi connectivity index (χ1v) is 9.43. The van der Waals surface area contributed by atoms with Crippen LogP contribution in [0.5, 0.6) is 5.75 Å². The molecule has 1 atom stereocenters. The normalized spacial score (nSPS) is 15.6. The van der Waals surface area contributed by atoms with Crippen molar-refractivity contribution >= 4 is 25.0 Å². The van der Waals surface area contributed by atoms with Gasteiger partial charge in [-0.05, 0) is 31.9 Å². The molecule has 2 rings (SSSR count). The Kier molecular flexibility index (Phi) is 8.16. The Morgan fingerprint density at radius 2 is 2.00 bits per heavy atom. The Morgan fingerprint density at radius 1 is 1.27 bits per heavy atom. The van der Waals surface area contributed by atoms with Crippen molar-refractivity contribution in [3.05, 3.63) is 29.3 Å². The van der Waals surface area contributed by atoms with Crippen LogP contribution in [0.3, 0.4) is 0 Å². The molecule has 0 aliphatic carbocycles. The molecule has 0 unspecified atom stereocenters. The monoisotopic (exact) mass is 428 g/mol. The molecule has 0 amide bonds. The number of hydrogen-bond donors (Lipinski definition) is 1. The van der Waals surface area contributed by atoms with Gasteiger partial charge in [0.05, 0.1) is 6.61 Å². The number of carbonyl (C=O) groups excluding carboxylic acids is 3. The number of hydrogen-bond acceptors (Lipinski definition) is 8. The average molecular weight is 428 g/mol. The van der Waals surface area contributed by atoms with Crippen LogP contribution < -0.4 is 4.65 Å². The highest BCUT2D eigenvalue weighted by Gasteiger charge is 2.38. The Bertz CT molecular complexity index is 780. The predicted octanol–water partition coefficient (Wildman–Crippen LogP) is 3.15. The molecular weight excluding hydrogens is 405 g/mol. The smallest absolute Gasteiger partial charge is 0.526 e. The lowest BCUT2D eigenvalue weighted by Crippen LogP contribution is -2.36. The lowest BCUT2D eigenvalue weighted by molar-refractivity contribution is -0.121. The van der Waals surface area contributed by atoms with E-state index in [-0.39, 0.29) is 37.2 Å². The molecule has 0 radical (unpaired) electrons. The number of esters is 1. The summed E-state index contributed by atoms with van der Waals surface area (Å²) in [6.45, 7) is 1.78. The maximum atomic E-state index is 12.9. The molecule has 1 N–H and O–H groups in total. The molecule has 1 heterocycles. The Morgan fingerprint density at radius 3 is 2.67 bits per heavy atom. The molecule has 0 bridgehead atoms. The minimum atomic E-state index is -2.93. The number of ketones is 1. The number of alkyl halides is 2. The van der Waals surface area contributed by atoms with E-state index in [0.717, 1.165) is 6.92 Å². The van der Waals surface area contributed by atoms with Crippen molar-refractivity contribution in [2.24, 2.45) is 0 Å². The van der Waals surface area contributed by atoms with Gasteiger partial charge in [0.1, 0.15) is 17.1 Å². The van der Waals surface area contributed by atoms with Crippen LogP contribution in [-0.4, -0.2) is 49.4 Å². The third-order valence-corrected chi connectivity index (χ3v) is 4.40. The molecule has 0 spiro atoms. The van der Waals surface area contributed by atoms with Gasteiger partial charge in [-0.25, -0.2) is 18.4 Å². The SMILES string of the molecule is CCOC(=O)OCOC(=O)c1cccc2c1OB(O)[C@@H](CC(=O)CCC(C)(F)F)C2. The first-order chi connectivity index (χ1) is 14.1. The fourth-order valence-corrected chi connectivity index (χ4v) is 2.94. The van der Waals surface area contributed by atoms with E-state index >= 15 is 0 Å². The van der Waals surface area contributed by atoms with Crippen molar-refractivity contribution in [2.75, 3.05) is 13.4 Å². The van der Waals surface area contributed by atoms with Crippen LogP contribution in [0.2, 0.25) is 5.82 Å². The summed E-state index contributed by atoms with van der Waals surface area (Å²) in [4.78, 5) is 35.3. The summed E-state index contributed by atoms with van der Waals surface area (Å²) in [5, 5.41) is 10.2. The van der Waals surface area contributed by atoms with Crippen LogP contribution in [0.25, 0.3) is 0 Å². The summed E-state index contributed by atoms with van der Waals surface area (Å²) < 4.78 is 45.2. The first-order valence-electron chi connectivity index (χ1n) is 9.43. The highest BCUT2D eigenvalue weighted by Crippen LogP contribution is 2.37. The standard InChI is InChI=1S/C19H23BF2O8/c1-3-27-18(25)29-11-28-17(24)15-6-4-5-12-9-13(20(26)30-16(12)15)10-14(23)7-8-19(2,21)22/h4-6,13,26H,3,7-11H2,1-2H3/t13-/m1/s1. The van der Waals surface area contributed by atoms with Crippen LogP contribution in [-0.2, 0) is 25.4 Å². The van der Waals surface area contributed by atoms with Gasteiger partial charge in [-0.3, -0.25) is 4.79 Å². The van der Waals surface area contributed by atoms with E-state index in [9.17, 15) is 28.2 Å². The number of halogens is 2. The van der Waals surface area contributed by atoms with Gasteiger partial charge in [-0.1, -0.05) is 12.1 Å². The molecule has 164 valence electrons. The van der Waals surface area contributed by atoms with Gasteiger partial charge in [0, 0.05) is 25.1 Å². The van der Waals surface area contributed by atoms with Crippen molar-refractivity contribution < 1.29 is 47.1 Å². The molecule has 11 heteroatoms. The van der Waals surface area contributed by atoms with E-state index in [1.807, 2.05) is 0 Å². The van der Waals surface area contributed by atoms with Crippen molar-refractivity contribution in [1.29, 1.82) is 0 Å². The van der Waals surface area contributed by atoms with Gasteiger partial charge in [0.25, 0.3) is 0 Å². The van der Waals surface area contributed by atoms with Crippen LogP contribution in [0.4, 0.5) is 13.6 Å². The molecule has 1 aliphatic heterocycles. The molecule has 1 aliphatic rings. The average Bonchev–Trinajstić information content (AvgIpc) is 2.66. The van der Waals surface area contributed by atoms with E-state index in [1.54, 1.807) is 19.1 Å². The number of carbonyl (C=O) groups is 3. The highest BCUT2D eigenvalue weighted by molar-refractivity contribution is 6.47. The van der Waals surface area contributed by atoms with Crippen LogP contribution in [0.15, 0.2) is 18.2 Å². The van der Waals surface area contributed by atoms with E-state index < -0.39 is 50.0 Å². The van der Waals surface area contributed by atoms with Crippen LogP contribution >= 0.6 is 0 Å². The molecule has 1 aromatic rings. The summed E-state index contributed by atoms with van der Waals surface area (Å²) >= 11 is 0. The largest absolute Gasteiger partial charge is 0.535 e. The molecule has 0 saturated carbocycles. The number of ether oxygens (including phenoxy) is 3. The topological polar surface area (TPSA) is 108 Å². The van der Waals surface area contributed by atoms with Gasteiger partial charge in [-0.15, -0.1) is 0 Å². The van der Waals surface area contributed by atoms with Gasteiger partial charge in [-0.2, -0.15) is 0 Å². The summed E-state index contributed by atoms with van der Waals surface area (Å²) in [5.41, 5.74) is 0.564. The second-order valence-electron chi connectivity index (χ2n) is 6.96. The van der Waals surface area contributed by atoms with Gasteiger partial charge >= 0.3 is 19.2 Å². The summed E-state index contributed by atoms with van der Waals surface area (Å²) in [6.07, 6.45) is -1.76. The van der Waals surface area contributed by atoms with E-state index in [1.165, 1.54) is 6.07 Å². The van der Waals surface area contributed by atoms with Gasteiger partial charge < -0.3 is 23.9 Å². The van der Waals surface area contributed by atoms with E-state index in [2.05, 4.69) is 9.47 Å². The van der Waals surface area contributed by atoms with E-state index in [0.29, 0.717) is 5.56 Å². The molecule has 30 heavy (non-hydrogen) atoms. The lowest BCUT2D eigenvalue weighted by atomic mass is 9.64. The third kappa shape index (κ3) is 6.98. The quantitative estimate of drug-likeness (QED) is 0.363. The summed E-state index contributed by atoms with van der Waals surface area (Å²) in [5.74, 6) is -4.72. The van der Waals surface area contributed by atoms with E-state index in [4.69, 9.17) is 9.39 Å². The fraction of sp³-hybridized carbons (Fsp3) is 0.526. The summed E-state index contributed by atoms with van der Waals surface area (Å²) in [6, 6.07) is 4.64. The Hall–Kier alpha value is -2.69. The maximum absolute atomic E-state index is 12.9. The third-order valence-electron chi connectivity index (χ3n) is 4.40. The van der Waals surface area contributed by atoms with Crippen molar-refractivity contribution in [3.63, 3.8) is 0 Å². The van der Waals surface area contributed by atoms with Crippen molar-refractivity contribution in [3.8, 4) is 5.75 Å². The number of fused-ring (bicyclic) bond motifs is 1. The Labute approximate surface area is 172 Å². The first kappa shape index (κ1) is 23.6. The van der Waals surface area contributed by atoms with Gasteiger partial charge in [0.2, 0.25) is 12.7 Å². The molecule has 1 aromatic carbocycles. The molecule has 0 saturated heterocycles. The minimum Gasteiger partial charge on any atom is -0.535 e. The number of benzene rings is 1. The lowest BCUT2D eigenvalue weighted by Gasteiger charge is -2.28. The second kappa shape index (κ2) is 10.4.